The van der Waals surface area contributed by atoms with Gasteiger partial charge in [-0.15, -0.1) is 0 Å². The summed E-state index contributed by atoms with van der Waals surface area (Å²) in [5, 5.41) is 8.98. The Morgan fingerprint density at radius 3 is 1.93 bits per heavy atom. The highest BCUT2D eigenvalue weighted by atomic mass is 16.6. The molecule has 0 bridgehead atoms. The van der Waals surface area contributed by atoms with E-state index in [9.17, 15) is 0 Å². The molecule has 0 saturated heterocycles. The van der Waals surface area contributed by atoms with Gasteiger partial charge in [0.25, 0.3) is 0 Å². The summed E-state index contributed by atoms with van der Waals surface area (Å²) >= 11 is 0. The third-order valence-corrected chi connectivity index (χ3v) is 1.73. The second kappa shape index (κ2) is 9.09. The second-order valence-electron chi connectivity index (χ2n) is 3.80. The third kappa shape index (κ3) is 10.1. The summed E-state index contributed by atoms with van der Waals surface area (Å²) in [6.07, 6.45) is -0.313. The zero-order valence-corrected chi connectivity index (χ0v) is 10.2. The highest BCUT2D eigenvalue weighted by Crippen LogP contribution is 2.00. The Morgan fingerprint density at radius 2 is 1.47 bits per heavy atom. The molecule has 0 fully saturated rings. The van der Waals surface area contributed by atoms with Crippen LogP contribution in [0.5, 0.6) is 0 Å². The molecule has 0 unspecified atom stereocenters. The minimum Gasteiger partial charge on any atom is -0.391 e. The Hall–Kier alpha value is -0.160. The van der Waals surface area contributed by atoms with Crippen LogP contribution >= 0.6 is 0 Å². The van der Waals surface area contributed by atoms with Crippen molar-refractivity contribution in [3.05, 3.63) is 0 Å². The first-order valence-corrected chi connectivity index (χ1v) is 5.55. The number of aliphatic hydroxyl groups excluding tert-OH is 1. The van der Waals surface area contributed by atoms with Gasteiger partial charge in [0.1, 0.15) is 0 Å². The highest BCUT2D eigenvalue weighted by molar-refractivity contribution is 4.54. The van der Waals surface area contributed by atoms with Crippen LogP contribution in [0.3, 0.4) is 0 Å². The molecule has 0 saturated carbocycles. The van der Waals surface area contributed by atoms with Crippen LogP contribution in [0.4, 0.5) is 0 Å². The van der Waals surface area contributed by atoms with E-state index in [-0.39, 0.29) is 12.2 Å². The van der Waals surface area contributed by atoms with Gasteiger partial charge in [-0.1, -0.05) is 0 Å². The Kier molecular flexibility index (Phi) is 9.00. The molecule has 3 atom stereocenters. The van der Waals surface area contributed by atoms with Crippen molar-refractivity contribution in [2.75, 3.05) is 26.4 Å². The normalized spacial score (nSPS) is 17.4. The molecule has 4 heteroatoms. The monoisotopic (exact) mass is 220 g/mol. The van der Waals surface area contributed by atoms with E-state index < -0.39 is 6.10 Å². The quantitative estimate of drug-likeness (QED) is 0.634. The van der Waals surface area contributed by atoms with Crippen LogP contribution in [-0.4, -0.2) is 49.8 Å². The smallest absolute Gasteiger partial charge is 0.0785 e. The molecule has 0 aromatic heterocycles. The molecule has 4 nitrogen and oxygen atoms in total. The Labute approximate surface area is 92.5 Å². The minimum absolute atomic E-state index is 0.0270. The van der Waals surface area contributed by atoms with Gasteiger partial charge in [0.05, 0.1) is 38.1 Å². The van der Waals surface area contributed by atoms with Crippen molar-refractivity contribution in [3.8, 4) is 0 Å². The van der Waals surface area contributed by atoms with Crippen LogP contribution in [0.1, 0.15) is 27.7 Å². The Balaban J connectivity index is 3.42. The van der Waals surface area contributed by atoms with E-state index in [1.165, 1.54) is 0 Å². The maximum Gasteiger partial charge on any atom is 0.0785 e. The van der Waals surface area contributed by atoms with Crippen molar-refractivity contribution >= 4 is 0 Å². The van der Waals surface area contributed by atoms with Crippen LogP contribution in [0.2, 0.25) is 0 Å². The topological polar surface area (TPSA) is 47.9 Å². The first-order valence-electron chi connectivity index (χ1n) is 5.55. The van der Waals surface area contributed by atoms with E-state index in [0.717, 1.165) is 0 Å². The number of hydrogen-bond donors (Lipinski definition) is 1. The molecular weight excluding hydrogens is 196 g/mol. The lowest BCUT2D eigenvalue weighted by Crippen LogP contribution is -2.26. The summed E-state index contributed by atoms with van der Waals surface area (Å²) in [6, 6.07) is 0. The first kappa shape index (κ1) is 14.8. The predicted octanol–water partition coefficient (Wildman–Crippen LogP) is 1.21. The van der Waals surface area contributed by atoms with E-state index in [1.807, 2.05) is 20.8 Å². The summed E-state index contributed by atoms with van der Waals surface area (Å²) in [7, 11) is 0. The highest BCUT2D eigenvalue weighted by Gasteiger charge is 2.09. The maximum absolute atomic E-state index is 8.98. The molecule has 0 radical (unpaired) electrons. The van der Waals surface area contributed by atoms with Gasteiger partial charge in [0, 0.05) is 6.61 Å². The number of aliphatic hydroxyl groups is 1. The molecule has 0 aliphatic rings. The van der Waals surface area contributed by atoms with Crippen molar-refractivity contribution in [1.82, 2.24) is 0 Å². The van der Waals surface area contributed by atoms with E-state index in [0.29, 0.717) is 26.4 Å². The lowest BCUT2D eigenvalue weighted by Gasteiger charge is -2.19. The molecule has 15 heavy (non-hydrogen) atoms. The van der Waals surface area contributed by atoms with Gasteiger partial charge >= 0.3 is 0 Å². The zero-order valence-electron chi connectivity index (χ0n) is 10.2. The minimum atomic E-state index is -0.418. The fourth-order valence-corrected chi connectivity index (χ4v) is 1.16. The average molecular weight is 220 g/mol. The van der Waals surface area contributed by atoms with Gasteiger partial charge in [-0.3, -0.25) is 0 Å². The van der Waals surface area contributed by atoms with Gasteiger partial charge in [0.2, 0.25) is 0 Å². The van der Waals surface area contributed by atoms with Crippen LogP contribution in [0, 0.1) is 0 Å². The average Bonchev–Trinajstić information content (AvgIpc) is 2.14. The largest absolute Gasteiger partial charge is 0.391 e. The van der Waals surface area contributed by atoms with Gasteiger partial charge in [0.15, 0.2) is 0 Å². The van der Waals surface area contributed by atoms with Crippen molar-refractivity contribution in [1.29, 1.82) is 0 Å². The van der Waals surface area contributed by atoms with Crippen LogP contribution in [0.15, 0.2) is 0 Å². The van der Waals surface area contributed by atoms with Gasteiger partial charge in [-0.05, 0) is 27.7 Å². The second-order valence-corrected chi connectivity index (χ2v) is 3.80. The number of ether oxygens (including phenoxy) is 3. The predicted molar refractivity (Wildman–Crippen MR) is 59.0 cm³/mol. The molecular formula is C11H24O4. The van der Waals surface area contributed by atoms with Gasteiger partial charge in [-0.25, -0.2) is 0 Å². The summed E-state index contributed by atoms with van der Waals surface area (Å²) < 4.78 is 16.1. The standard InChI is InChI=1S/C11H24O4/c1-5-13-7-10(3)15-11(4)8-14-6-9(2)12/h9-12H,5-8H2,1-4H3/t9-,10-,11+/m1/s1. The molecule has 1 N–H and O–H groups in total. The summed E-state index contributed by atoms with van der Waals surface area (Å²) in [5.41, 5.74) is 0. The van der Waals surface area contributed by atoms with E-state index in [2.05, 4.69) is 0 Å². The summed E-state index contributed by atoms with van der Waals surface area (Å²) in [4.78, 5) is 0. The lowest BCUT2D eigenvalue weighted by atomic mass is 10.4. The molecule has 92 valence electrons. The summed E-state index contributed by atoms with van der Waals surface area (Å²) in [5.74, 6) is 0. The summed E-state index contributed by atoms with van der Waals surface area (Å²) in [6.45, 7) is 9.75. The first-order chi connectivity index (χ1) is 7.06. The van der Waals surface area contributed by atoms with Gasteiger partial charge in [-0.2, -0.15) is 0 Å². The number of rotatable bonds is 9. The van der Waals surface area contributed by atoms with Crippen molar-refractivity contribution < 1.29 is 19.3 Å². The Bertz CT molecular complexity index is 139. The van der Waals surface area contributed by atoms with Crippen LogP contribution in [-0.2, 0) is 14.2 Å². The van der Waals surface area contributed by atoms with Crippen molar-refractivity contribution in [2.45, 2.75) is 46.0 Å². The van der Waals surface area contributed by atoms with Crippen LogP contribution in [0.25, 0.3) is 0 Å². The molecule has 0 rings (SSSR count). The molecule has 0 aromatic rings. The molecule has 0 spiro atoms. The molecule has 0 heterocycles. The SMILES string of the molecule is CCOC[C@@H](C)O[C@@H](C)COC[C@@H](C)O. The number of hydrogen-bond acceptors (Lipinski definition) is 4. The van der Waals surface area contributed by atoms with Gasteiger partial charge < -0.3 is 19.3 Å². The maximum atomic E-state index is 8.98. The van der Waals surface area contributed by atoms with E-state index in [1.54, 1.807) is 6.92 Å². The van der Waals surface area contributed by atoms with Crippen molar-refractivity contribution in [2.24, 2.45) is 0 Å². The van der Waals surface area contributed by atoms with Crippen LogP contribution < -0.4 is 0 Å². The molecule has 0 aliphatic heterocycles. The van der Waals surface area contributed by atoms with E-state index in [4.69, 9.17) is 19.3 Å². The van der Waals surface area contributed by atoms with E-state index >= 15 is 0 Å². The Morgan fingerprint density at radius 1 is 0.933 bits per heavy atom. The third-order valence-electron chi connectivity index (χ3n) is 1.73. The fraction of sp³-hybridized carbons (Fsp3) is 1.00. The molecule has 0 aromatic carbocycles. The molecule has 0 amide bonds. The van der Waals surface area contributed by atoms with Crippen molar-refractivity contribution in [3.63, 3.8) is 0 Å². The fourth-order valence-electron chi connectivity index (χ4n) is 1.16. The molecule has 0 aliphatic carbocycles. The lowest BCUT2D eigenvalue weighted by molar-refractivity contribution is -0.0768. The zero-order chi connectivity index (χ0) is 11.7.